The first-order valence-corrected chi connectivity index (χ1v) is 9.10. The highest BCUT2D eigenvalue weighted by molar-refractivity contribution is 6.30. The molecule has 2 aromatic carbocycles. The summed E-state index contributed by atoms with van der Waals surface area (Å²) in [4.78, 5) is 12.7. The van der Waals surface area contributed by atoms with Crippen LogP contribution in [0.15, 0.2) is 60.8 Å². The maximum Gasteiger partial charge on any atom is 0.254 e. The van der Waals surface area contributed by atoms with Crippen LogP contribution in [-0.2, 0) is 6.42 Å². The summed E-state index contributed by atoms with van der Waals surface area (Å²) in [5, 5.41) is 8.07. The lowest BCUT2D eigenvalue weighted by Gasteiger charge is -2.13. The molecule has 1 N–H and O–H groups in total. The van der Waals surface area contributed by atoms with Crippen molar-refractivity contribution in [2.45, 2.75) is 26.2 Å². The van der Waals surface area contributed by atoms with Gasteiger partial charge in [0.25, 0.3) is 5.91 Å². The van der Waals surface area contributed by atoms with Crippen LogP contribution in [0.2, 0.25) is 5.02 Å². The summed E-state index contributed by atoms with van der Waals surface area (Å²) in [7, 11) is 0. The quantitative estimate of drug-likeness (QED) is 0.690. The first kappa shape index (κ1) is 18.2. The number of carbonyl (C=O) groups excluding carboxylic acids is 1. The van der Waals surface area contributed by atoms with Gasteiger partial charge in [0.2, 0.25) is 0 Å². The Morgan fingerprint density at radius 1 is 1.15 bits per heavy atom. The standard InChI is InChI=1S/C21H22ClN3O/c1-15(2)20-19(14-24-25(20)18-10-6-9-17(22)13-18)21(26)23-12-11-16-7-4-3-5-8-16/h3-10,13-15H,11-12H2,1-2H3,(H,23,26). The van der Waals surface area contributed by atoms with Crippen LogP contribution in [0.3, 0.4) is 0 Å². The maximum absolute atomic E-state index is 12.7. The molecule has 0 atom stereocenters. The van der Waals surface area contributed by atoms with Crippen molar-refractivity contribution in [3.63, 3.8) is 0 Å². The Bertz CT molecular complexity index is 887. The number of amides is 1. The van der Waals surface area contributed by atoms with Crippen LogP contribution in [-0.4, -0.2) is 22.2 Å². The van der Waals surface area contributed by atoms with Crippen molar-refractivity contribution in [3.05, 3.63) is 82.6 Å². The highest BCUT2D eigenvalue weighted by Crippen LogP contribution is 2.24. The molecule has 0 bridgehead atoms. The predicted molar refractivity (Wildman–Crippen MR) is 105 cm³/mol. The minimum absolute atomic E-state index is 0.0992. The Labute approximate surface area is 158 Å². The van der Waals surface area contributed by atoms with E-state index >= 15 is 0 Å². The van der Waals surface area contributed by atoms with E-state index in [1.165, 1.54) is 5.56 Å². The van der Waals surface area contributed by atoms with Gasteiger partial charge >= 0.3 is 0 Å². The zero-order valence-corrected chi connectivity index (χ0v) is 15.7. The second kappa shape index (κ2) is 8.19. The molecular formula is C21H22ClN3O. The molecule has 0 saturated carbocycles. The van der Waals surface area contributed by atoms with Crippen LogP contribution >= 0.6 is 11.6 Å². The molecule has 5 heteroatoms. The van der Waals surface area contributed by atoms with Crippen LogP contribution in [0.25, 0.3) is 5.69 Å². The van der Waals surface area contributed by atoms with Gasteiger partial charge in [-0.1, -0.05) is 61.8 Å². The molecule has 3 rings (SSSR count). The smallest absolute Gasteiger partial charge is 0.254 e. The highest BCUT2D eigenvalue weighted by Gasteiger charge is 2.20. The third-order valence-corrected chi connectivity index (χ3v) is 4.43. The lowest BCUT2D eigenvalue weighted by molar-refractivity contribution is 0.0953. The molecule has 0 unspecified atom stereocenters. The van der Waals surface area contributed by atoms with E-state index in [0.29, 0.717) is 17.1 Å². The van der Waals surface area contributed by atoms with Crippen molar-refractivity contribution >= 4 is 17.5 Å². The number of benzene rings is 2. The van der Waals surface area contributed by atoms with Crippen LogP contribution in [0.4, 0.5) is 0 Å². The van der Waals surface area contributed by atoms with E-state index in [-0.39, 0.29) is 11.8 Å². The van der Waals surface area contributed by atoms with Crippen molar-refractivity contribution < 1.29 is 4.79 Å². The third-order valence-electron chi connectivity index (χ3n) is 4.19. The summed E-state index contributed by atoms with van der Waals surface area (Å²) < 4.78 is 1.79. The highest BCUT2D eigenvalue weighted by atomic mass is 35.5. The Kier molecular flexibility index (Phi) is 5.74. The van der Waals surface area contributed by atoms with Gasteiger partial charge in [-0.3, -0.25) is 4.79 Å². The molecule has 1 amide bonds. The lowest BCUT2D eigenvalue weighted by Crippen LogP contribution is -2.26. The van der Waals surface area contributed by atoms with Crippen LogP contribution in [0.1, 0.15) is 41.4 Å². The van der Waals surface area contributed by atoms with Gasteiger partial charge < -0.3 is 5.32 Å². The summed E-state index contributed by atoms with van der Waals surface area (Å²) >= 11 is 6.10. The van der Waals surface area contributed by atoms with E-state index in [9.17, 15) is 4.79 Å². The van der Waals surface area contributed by atoms with Gasteiger partial charge in [-0.05, 0) is 36.1 Å². The minimum Gasteiger partial charge on any atom is -0.352 e. The van der Waals surface area contributed by atoms with Crippen molar-refractivity contribution in [1.29, 1.82) is 0 Å². The molecule has 1 aromatic heterocycles. The van der Waals surface area contributed by atoms with Gasteiger partial charge in [0.15, 0.2) is 0 Å². The van der Waals surface area contributed by atoms with E-state index in [0.717, 1.165) is 17.8 Å². The Morgan fingerprint density at radius 2 is 1.92 bits per heavy atom. The molecule has 3 aromatic rings. The summed E-state index contributed by atoms with van der Waals surface area (Å²) in [5.74, 6) is 0.0456. The first-order chi connectivity index (χ1) is 12.6. The topological polar surface area (TPSA) is 46.9 Å². The lowest BCUT2D eigenvalue weighted by atomic mass is 10.0. The molecule has 134 valence electrons. The van der Waals surface area contributed by atoms with Gasteiger partial charge in [-0.2, -0.15) is 5.10 Å². The molecule has 0 spiro atoms. The van der Waals surface area contributed by atoms with Crippen LogP contribution in [0.5, 0.6) is 0 Å². The number of nitrogens with zero attached hydrogens (tertiary/aromatic N) is 2. The van der Waals surface area contributed by atoms with Gasteiger partial charge in [0, 0.05) is 11.6 Å². The normalized spacial score (nSPS) is 10.9. The largest absolute Gasteiger partial charge is 0.352 e. The summed E-state index contributed by atoms with van der Waals surface area (Å²) in [6.45, 7) is 4.69. The number of hydrogen-bond acceptors (Lipinski definition) is 2. The number of rotatable bonds is 6. The first-order valence-electron chi connectivity index (χ1n) is 8.72. The Hall–Kier alpha value is -2.59. The molecule has 4 nitrogen and oxygen atoms in total. The number of carbonyl (C=O) groups is 1. The van der Waals surface area contributed by atoms with Crippen molar-refractivity contribution in [2.75, 3.05) is 6.54 Å². The zero-order valence-electron chi connectivity index (χ0n) is 14.9. The predicted octanol–water partition coefficient (Wildman–Crippen LogP) is 4.62. The fraction of sp³-hybridized carbons (Fsp3) is 0.238. The fourth-order valence-electron chi connectivity index (χ4n) is 2.96. The molecule has 0 aliphatic heterocycles. The van der Waals surface area contributed by atoms with Gasteiger partial charge in [-0.25, -0.2) is 4.68 Å². The van der Waals surface area contributed by atoms with E-state index in [1.807, 2.05) is 42.5 Å². The van der Waals surface area contributed by atoms with Crippen LogP contribution in [0, 0.1) is 0 Å². The SMILES string of the molecule is CC(C)c1c(C(=O)NCCc2ccccc2)cnn1-c1cccc(Cl)c1. The molecule has 0 saturated heterocycles. The van der Waals surface area contributed by atoms with Crippen LogP contribution < -0.4 is 5.32 Å². The number of hydrogen-bond donors (Lipinski definition) is 1. The second-order valence-electron chi connectivity index (χ2n) is 6.48. The molecule has 26 heavy (non-hydrogen) atoms. The average Bonchev–Trinajstić information content (AvgIpc) is 3.08. The number of halogens is 1. The number of aromatic nitrogens is 2. The number of nitrogens with one attached hydrogen (secondary N) is 1. The van der Waals surface area contributed by atoms with Gasteiger partial charge in [0.1, 0.15) is 0 Å². The van der Waals surface area contributed by atoms with E-state index in [1.54, 1.807) is 10.9 Å². The molecular weight excluding hydrogens is 346 g/mol. The van der Waals surface area contributed by atoms with Crippen molar-refractivity contribution in [2.24, 2.45) is 0 Å². The van der Waals surface area contributed by atoms with Gasteiger partial charge in [-0.15, -0.1) is 0 Å². The second-order valence-corrected chi connectivity index (χ2v) is 6.92. The maximum atomic E-state index is 12.7. The molecule has 0 aliphatic rings. The molecule has 1 heterocycles. The Balaban J connectivity index is 1.78. The van der Waals surface area contributed by atoms with E-state index in [4.69, 9.17) is 11.6 Å². The molecule has 0 fully saturated rings. The van der Waals surface area contributed by atoms with Crippen molar-refractivity contribution in [1.82, 2.24) is 15.1 Å². The van der Waals surface area contributed by atoms with Crippen molar-refractivity contribution in [3.8, 4) is 5.69 Å². The third kappa shape index (κ3) is 4.14. The molecule has 0 aliphatic carbocycles. The molecule has 0 radical (unpaired) electrons. The van der Waals surface area contributed by atoms with Gasteiger partial charge in [0.05, 0.1) is 23.1 Å². The monoisotopic (exact) mass is 367 g/mol. The summed E-state index contributed by atoms with van der Waals surface area (Å²) in [6, 6.07) is 17.6. The minimum atomic E-state index is -0.0992. The van der Waals surface area contributed by atoms with E-state index in [2.05, 4.69) is 36.4 Å². The van der Waals surface area contributed by atoms with E-state index < -0.39 is 0 Å². The average molecular weight is 368 g/mol. The Morgan fingerprint density at radius 3 is 2.62 bits per heavy atom. The summed E-state index contributed by atoms with van der Waals surface area (Å²) in [5.41, 5.74) is 3.54. The zero-order chi connectivity index (χ0) is 18.5. The summed E-state index contributed by atoms with van der Waals surface area (Å²) in [6.07, 6.45) is 2.43. The fourth-order valence-corrected chi connectivity index (χ4v) is 3.15.